The summed E-state index contributed by atoms with van der Waals surface area (Å²) in [7, 11) is 1.26. The van der Waals surface area contributed by atoms with E-state index in [2.05, 4.69) is 0 Å². The van der Waals surface area contributed by atoms with Crippen molar-refractivity contribution in [3.05, 3.63) is 40.6 Å². The van der Waals surface area contributed by atoms with Gasteiger partial charge in [0, 0.05) is 17.7 Å². The Hall–Kier alpha value is -3.87. The summed E-state index contributed by atoms with van der Waals surface area (Å²) in [5.74, 6) is -2.63. The molecule has 11 N–H and O–H groups in total. The van der Waals surface area contributed by atoms with Crippen molar-refractivity contribution in [1.82, 2.24) is 0 Å². The minimum Gasteiger partial charge on any atom is -0.508 e. The summed E-state index contributed by atoms with van der Waals surface area (Å²) in [6, 6.07) is 5.69. The summed E-state index contributed by atoms with van der Waals surface area (Å²) >= 11 is 0. The Morgan fingerprint density at radius 1 is 0.685 bits per heavy atom. The first-order valence-electron chi connectivity index (χ1n) is 16.8. The van der Waals surface area contributed by atoms with Crippen LogP contribution in [0.25, 0.3) is 22.3 Å². The number of hydrogen-bond acceptors (Lipinski definition) is 20. The zero-order chi connectivity index (χ0) is 39.3. The minimum absolute atomic E-state index is 0.0468. The summed E-state index contributed by atoms with van der Waals surface area (Å²) in [6.45, 7) is 2.09. The number of fused-ring (bicyclic) bond motifs is 1. The quantitative estimate of drug-likeness (QED) is 0.107. The van der Waals surface area contributed by atoms with Crippen molar-refractivity contribution in [3.63, 3.8) is 0 Å². The molecule has 3 saturated heterocycles. The molecule has 1 unspecified atom stereocenters. The molecule has 0 amide bonds. The van der Waals surface area contributed by atoms with Crippen LogP contribution in [0.15, 0.2) is 39.5 Å². The molecule has 15 atom stereocenters. The van der Waals surface area contributed by atoms with Crippen molar-refractivity contribution in [2.75, 3.05) is 13.7 Å². The lowest BCUT2D eigenvalue weighted by Crippen LogP contribution is -2.65. The molecule has 4 heterocycles. The van der Waals surface area contributed by atoms with Crippen molar-refractivity contribution in [2.45, 2.75) is 106 Å². The van der Waals surface area contributed by atoms with Crippen molar-refractivity contribution in [3.8, 4) is 40.1 Å². The van der Waals surface area contributed by atoms with E-state index in [-0.39, 0.29) is 28.4 Å². The number of phenols is 3. The summed E-state index contributed by atoms with van der Waals surface area (Å²) < 4.78 is 45.6. The van der Waals surface area contributed by atoms with E-state index in [4.69, 9.17) is 37.6 Å². The normalized spacial score (nSPS) is 37.3. The predicted molar refractivity (Wildman–Crippen MR) is 176 cm³/mol. The number of methoxy groups -OCH3 is 1. The van der Waals surface area contributed by atoms with Gasteiger partial charge in [-0.2, -0.15) is 0 Å². The SMILES string of the molecule is COc1cc(-c2oc3cc(O)cc(O)c3c(=O)c2OC2O[C@H](CO[C@@H]3O[C@@H](C)[C@H](O)[C@@H](O)[C@H]3O)[C@@H](O)[C@H](O)[C@H]2O[C@@H]2O[C@@H](C)[C@H](O)[C@@H](O)[C@H]2O)ccc1O. The van der Waals surface area contributed by atoms with Crippen LogP contribution in [0.4, 0.5) is 0 Å². The van der Waals surface area contributed by atoms with Gasteiger partial charge in [0.25, 0.3) is 0 Å². The standard InChI is InChI=1S/C34H42O20/c1-10-20(38)24(42)27(45)32(49-10)48-9-18-22(40)26(44)31(54-33-28(46)25(43)21(39)11(2)50-33)34(52-18)53-30-23(41)19-15(37)7-13(35)8-17(19)51-29(30)12-4-5-14(36)16(6-12)47-3/h4-8,10-11,18,20-22,24-28,31-40,42-46H,9H2,1-3H3/t10-,11-,18+,20-,21-,22+,24+,25+,26-,27+,28+,31+,32+,33-,34?/m0/s1. The third kappa shape index (κ3) is 7.41. The molecule has 0 bridgehead atoms. The summed E-state index contributed by atoms with van der Waals surface area (Å²) in [5, 5.41) is 115. The van der Waals surface area contributed by atoms with Crippen LogP contribution in [0.3, 0.4) is 0 Å². The molecular weight excluding hydrogens is 728 g/mol. The molecule has 20 heteroatoms. The summed E-state index contributed by atoms with van der Waals surface area (Å²) in [4.78, 5) is 14.2. The molecule has 3 aliphatic heterocycles. The maximum Gasteiger partial charge on any atom is 0.239 e. The molecule has 3 aromatic rings. The first-order chi connectivity index (χ1) is 25.5. The van der Waals surface area contributed by atoms with Gasteiger partial charge in [-0.05, 0) is 32.0 Å². The van der Waals surface area contributed by atoms with Gasteiger partial charge in [-0.3, -0.25) is 4.79 Å². The number of aromatic hydroxyl groups is 3. The maximum absolute atomic E-state index is 14.2. The van der Waals surface area contributed by atoms with Crippen LogP contribution in [0.1, 0.15) is 13.8 Å². The second-order valence-electron chi connectivity index (χ2n) is 13.3. The third-order valence-electron chi connectivity index (χ3n) is 9.57. The van der Waals surface area contributed by atoms with Gasteiger partial charge in [0.05, 0.1) is 25.9 Å². The molecule has 3 aliphatic rings. The average molecular weight is 771 g/mol. The number of benzene rings is 2. The monoisotopic (exact) mass is 770 g/mol. The predicted octanol–water partition coefficient (Wildman–Crippen LogP) is -2.53. The highest BCUT2D eigenvalue weighted by Crippen LogP contribution is 2.40. The number of aliphatic hydroxyl groups is 8. The Bertz CT molecular complexity index is 1850. The molecule has 0 saturated carbocycles. The van der Waals surface area contributed by atoms with Gasteiger partial charge >= 0.3 is 0 Å². The van der Waals surface area contributed by atoms with Crippen LogP contribution in [-0.2, 0) is 23.7 Å². The zero-order valence-corrected chi connectivity index (χ0v) is 28.8. The Kier molecular flexibility index (Phi) is 11.6. The molecule has 0 spiro atoms. The highest BCUT2D eigenvalue weighted by atomic mass is 16.8. The second-order valence-corrected chi connectivity index (χ2v) is 13.3. The van der Waals surface area contributed by atoms with E-state index in [0.717, 1.165) is 12.1 Å². The fourth-order valence-corrected chi connectivity index (χ4v) is 6.40. The van der Waals surface area contributed by atoms with E-state index in [1.54, 1.807) is 0 Å². The zero-order valence-electron chi connectivity index (χ0n) is 28.8. The Morgan fingerprint density at radius 2 is 1.31 bits per heavy atom. The van der Waals surface area contributed by atoms with Crippen LogP contribution in [-0.4, -0.2) is 162 Å². The molecule has 20 nitrogen and oxygen atoms in total. The Labute approximate surface area is 305 Å². The van der Waals surface area contributed by atoms with Crippen LogP contribution in [0.2, 0.25) is 0 Å². The Balaban J connectivity index is 1.41. The summed E-state index contributed by atoms with van der Waals surface area (Å²) in [5.41, 5.74) is -1.31. The number of ether oxygens (including phenoxy) is 7. The number of hydrogen-bond donors (Lipinski definition) is 11. The fourth-order valence-electron chi connectivity index (χ4n) is 6.40. The van der Waals surface area contributed by atoms with Gasteiger partial charge in [-0.25, -0.2) is 0 Å². The molecular formula is C34H42O20. The lowest BCUT2D eigenvalue weighted by molar-refractivity contribution is -0.360. The highest BCUT2D eigenvalue weighted by molar-refractivity contribution is 5.88. The lowest BCUT2D eigenvalue weighted by Gasteiger charge is -2.46. The minimum atomic E-state index is -2.02. The summed E-state index contributed by atoms with van der Waals surface area (Å²) in [6.07, 6.45) is -24.9. The van der Waals surface area contributed by atoms with Crippen molar-refractivity contribution < 1.29 is 93.7 Å². The molecule has 2 aromatic carbocycles. The van der Waals surface area contributed by atoms with E-state index in [1.807, 2.05) is 0 Å². The third-order valence-corrected chi connectivity index (χ3v) is 9.57. The van der Waals surface area contributed by atoms with E-state index in [9.17, 15) is 61.0 Å². The molecule has 54 heavy (non-hydrogen) atoms. The average Bonchev–Trinajstić information content (AvgIpc) is 3.13. The van der Waals surface area contributed by atoms with Crippen molar-refractivity contribution in [2.24, 2.45) is 0 Å². The van der Waals surface area contributed by atoms with E-state index >= 15 is 0 Å². The van der Waals surface area contributed by atoms with E-state index < -0.39 is 127 Å². The largest absolute Gasteiger partial charge is 0.508 e. The van der Waals surface area contributed by atoms with Gasteiger partial charge < -0.3 is 93.7 Å². The maximum atomic E-state index is 14.2. The molecule has 298 valence electrons. The van der Waals surface area contributed by atoms with Crippen LogP contribution in [0.5, 0.6) is 28.7 Å². The van der Waals surface area contributed by atoms with E-state index in [0.29, 0.717) is 0 Å². The Morgan fingerprint density at radius 3 is 1.96 bits per heavy atom. The van der Waals surface area contributed by atoms with E-state index in [1.165, 1.54) is 39.2 Å². The van der Waals surface area contributed by atoms with Gasteiger partial charge in [0.1, 0.15) is 77.4 Å². The molecule has 3 fully saturated rings. The molecule has 6 rings (SSSR count). The highest BCUT2D eigenvalue weighted by Gasteiger charge is 2.52. The first kappa shape index (κ1) is 39.8. The topological polar surface area (TPSA) is 317 Å². The van der Waals surface area contributed by atoms with Gasteiger partial charge in [-0.1, -0.05) is 0 Å². The number of phenolic OH excluding ortho intramolecular Hbond substituents is 3. The molecule has 0 aliphatic carbocycles. The van der Waals surface area contributed by atoms with Gasteiger partial charge in [-0.15, -0.1) is 0 Å². The molecule has 0 radical (unpaired) electrons. The van der Waals surface area contributed by atoms with Crippen LogP contribution in [0, 0.1) is 0 Å². The number of rotatable bonds is 9. The molecule has 1 aromatic heterocycles. The van der Waals surface area contributed by atoms with Crippen LogP contribution < -0.4 is 14.9 Å². The van der Waals surface area contributed by atoms with Crippen molar-refractivity contribution >= 4 is 11.0 Å². The van der Waals surface area contributed by atoms with Gasteiger partial charge in [0.15, 0.2) is 35.9 Å². The van der Waals surface area contributed by atoms with Gasteiger partial charge in [0.2, 0.25) is 17.5 Å². The smallest absolute Gasteiger partial charge is 0.239 e. The fraction of sp³-hybridized carbons (Fsp3) is 0.559. The van der Waals surface area contributed by atoms with Crippen molar-refractivity contribution in [1.29, 1.82) is 0 Å². The number of aliphatic hydroxyl groups excluding tert-OH is 8. The first-order valence-corrected chi connectivity index (χ1v) is 16.8. The second kappa shape index (κ2) is 15.7. The van der Waals surface area contributed by atoms with Crippen LogP contribution >= 0.6 is 0 Å². The lowest BCUT2D eigenvalue weighted by atomic mass is 9.97.